The minimum Gasteiger partial charge on any atom is -0.395 e. The molecule has 1 aromatic heterocycles. The maximum absolute atomic E-state index is 9.07. The third-order valence-electron chi connectivity index (χ3n) is 6.59. The molecule has 0 saturated carbocycles. The number of fused-ring (bicyclic) bond motifs is 2. The summed E-state index contributed by atoms with van der Waals surface area (Å²) in [5.74, 6) is 3.06. The summed E-state index contributed by atoms with van der Waals surface area (Å²) in [6.45, 7) is 4.07. The van der Waals surface area contributed by atoms with Crippen molar-refractivity contribution in [2.75, 3.05) is 43.0 Å². The van der Waals surface area contributed by atoms with Crippen LogP contribution in [0.5, 0.6) is 0 Å². The predicted molar refractivity (Wildman–Crippen MR) is 106 cm³/mol. The van der Waals surface area contributed by atoms with E-state index in [0.717, 1.165) is 24.1 Å². The standard InChI is InChI=1S/C21H27N5O/c27-11-8-22-18-12-19(24-14-23-18)26-13-17(15-4-2-1-3-5-15)21-20(26)16-6-9-25(21)10-7-16/h1-5,12,14,16-17,20-21,27H,6-11,13H2,(H,22,23,24)/t17-,20-,21-/m1/s1. The summed E-state index contributed by atoms with van der Waals surface area (Å²) in [6, 6.07) is 14.1. The molecule has 3 atom stereocenters. The second-order valence-corrected chi connectivity index (χ2v) is 7.94. The average Bonchev–Trinajstić information content (AvgIpc) is 3.17. The minimum atomic E-state index is 0.0981. The van der Waals surface area contributed by atoms with Gasteiger partial charge in [0.2, 0.25) is 0 Å². The molecule has 142 valence electrons. The van der Waals surface area contributed by atoms with Crippen molar-refractivity contribution in [3.63, 3.8) is 0 Å². The van der Waals surface area contributed by atoms with E-state index in [1.54, 1.807) is 6.33 Å². The van der Waals surface area contributed by atoms with Gasteiger partial charge in [0.15, 0.2) is 0 Å². The Morgan fingerprint density at radius 3 is 2.67 bits per heavy atom. The number of hydrogen-bond acceptors (Lipinski definition) is 6. The van der Waals surface area contributed by atoms with Crippen LogP contribution in [0, 0.1) is 5.92 Å². The zero-order valence-electron chi connectivity index (χ0n) is 15.5. The number of rotatable bonds is 5. The van der Waals surface area contributed by atoms with E-state index in [1.165, 1.54) is 31.5 Å². The van der Waals surface area contributed by atoms with Gasteiger partial charge in [0.25, 0.3) is 0 Å². The topological polar surface area (TPSA) is 64.5 Å². The van der Waals surface area contributed by atoms with Crippen LogP contribution in [0.2, 0.25) is 0 Å². The van der Waals surface area contributed by atoms with Gasteiger partial charge in [-0.3, -0.25) is 4.90 Å². The van der Waals surface area contributed by atoms with E-state index < -0.39 is 0 Å². The van der Waals surface area contributed by atoms with Crippen molar-refractivity contribution in [3.8, 4) is 0 Å². The molecular formula is C21H27N5O. The highest BCUT2D eigenvalue weighted by atomic mass is 16.3. The maximum atomic E-state index is 9.07. The van der Waals surface area contributed by atoms with Crippen LogP contribution in [0.1, 0.15) is 24.3 Å². The Balaban J connectivity index is 1.49. The summed E-state index contributed by atoms with van der Waals surface area (Å²) >= 11 is 0. The first-order chi connectivity index (χ1) is 13.3. The van der Waals surface area contributed by atoms with Crippen LogP contribution >= 0.6 is 0 Å². The molecule has 6 rings (SSSR count). The fourth-order valence-corrected chi connectivity index (χ4v) is 5.46. The Labute approximate surface area is 160 Å². The zero-order chi connectivity index (χ0) is 18.2. The van der Waals surface area contributed by atoms with Gasteiger partial charge in [-0.25, -0.2) is 9.97 Å². The first-order valence-electron chi connectivity index (χ1n) is 10.1. The van der Waals surface area contributed by atoms with E-state index in [9.17, 15) is 0 Å². The van der Waals surface area contributed by atoms with E-state index in [0.29, 0.717) is 24.5 Å². The van der Waals surface area contributed by atoms with E-state index >= 15 is 0 Å². The molecule has 4 fully saturated rings. The van der Waals surface area contributed by atoms with Gasteiger partial charge < -0.3 is 15.3 Å². The first kappa shape index (κ1) is 17.0. The third-order valence-corrected chi connectivity index (χ3v) is 6.59. The molecule has 27 heavy (non-hydrogen) atoms. The predicted octanol–water partition coefficient (Wildman–Crippen LogP) is 1.95. The molecule has 0 amide bonds. The van der Waals surface area contributed by atoms with Gasteiger partial charge in [0, 0.05) is 37.2 Å². The molecule has 6 heteroatoms. The molecule has 6 nitrogen and oxygen atoms in total. The van der Waals surface area contributed by atoms with Crippen molar-refractivity contribution in [1.82, 2.24) is 14.9 Å². The number of nitrogens with one attached hydrogen (secondary N) is 1. The summed E-state index contributed by atoms with van der Waals surface area (Å²) in [6.07, 6.45) is 4.22. The molecule has 2 N–H and O–H groups in total. The third kappa shape index (κ3) is 2.97. The Kier molecular flexibility index (Phi) is 4.45. The zero-order valence-corrected chi connectivity index (χ0v) is 15.5. The van der Waals surface area contributed by atoms with Crippen molar-refractivity contribution in [3.05, 3.63) is 48.3 Å². The Morgan fingerprint density at radius 2 is 1.89 bits per heavy atom. The van der Waals surface area contributed by atoms with Crippen LogP contribution in [0.25, 0.3) is 0 Å². The Hall–Kier alpha value is -2.18. The normalized spacial score (nSPS) is 31.7. The lowest BCUT2D eigenvalue weighted by Crippen LogP contribution is -2.60. The second-order valence-electron chi connectivity index (χ2n) is 7.94. The lowest BCUT2D eigenvalue weighted by molar-refractivity contribution is 0.0354. The van der Waals surface area contributed by atoms with Gasteiger partial charge in [-0.1, -0.05) is 30.3 Å². The number of benzene rings is 1. The first-order valence-corrected chi connectivity index (χ1v) is 10.1. The Morgan fingerprint density at radius 1 is 1.07 bits per heavy atom. The van der Waals surface area contributed by atoms with E-state index in [-0.39, 0.29) is 6.61 Å². The molecule has 4 saturated heterocycles. The van der Waals surface area contributed by atoms with Gasteiger partial charge in [0.05, 0.1) is 6.61 Å². The Bertz CT molecular complexity index is 777. The number of nitrogens with zero attached hydrogens (tertiary/aromatic N) is 4. The van der Waals surface area contributed by atoms with Gasteiger partial charge >= 0.3 is 0 Å². The maximum Gasteiger partial charge on any atom is 0.134 e. The summed E-state index contributed by atoms with van der Waals surface area (Å²) in [4.78, 5) is 14.2. The van der Waals surface area contributed by atoms with Gasteiger partial charge in [-0.05, 0) is 37.4 Å². The molecular weight excluding hydrogens is 338 g/mol. The minimum absolute atomic E-state index is 0.0981. The van der Waals surface area contributed by atoms with Gasteiger partial charge in [-0.15, -0.1) is 0 Å². The highest BCUT2D eigenvalue weighted by Crippen LogP contribution is 2.47. The number of anilines is 2. The molecule has 4 aliphatic heterocycles. The molecule has 4 aliphatic rings. The van der Waals surface area contributed by atoms with Crippen molar-refractivity contribution in [1.29, 1.82) is 0 Å². The molecule has 1 aromatic carbocycles. The average molecular weight is 365 g/mol. The summed E-state index contributed by atoms with van der Waals surface area (Å²) in [5.41, 5.74) is 1.44. The molecule has 0 aliphatic carbocycles. The summed E-state index contributed by atoms with van der Waals surface area (Å²) < 4.78 is 0. The van der Waals surface area contributed by atoms with Crippen LogP contribution in [-0.4, -0.2) is 64.8 Å². The largest absolute Gasteiger partial charge is 0.395 e. The monoisotopic (exact) mass is 365 g/mol. The van der Waals surface area contributed by atoms with E-state index in [2.05, 4.69) is 55.4 Å². The number of aliphatic hydroxyl groups excluding tert-OH is 1. The summed E-state index contributed by atoms with van der Waals surface area (Å²) in [5, 5.41) is 12.2. The fraction of sp³-hybridized carbons (Fsp3) is 0.524. The molecule has 0 spiro atoms. The van der Waals surface area contributed by atoms with Crippen LogP contribution in [0.3, 0.4) is 0 Å². The quantitative estimate of drug-likeness (QED) is 0.844. The van der Waals surface area contributed by atoms with Crippen LogP contribution in [0.4, 0.5) is 11.6 Å². The lowest BCUT2D eigenvalue weighted by atomic mass is 9.75. The smallest absolute Gasteiger partial charge is 0.134 e. The number of piperidine rings is 3. The van der Waals surface area contributed by atoms with Crippen LogP contribution in [-0.2, 0) is 0 Å². The molecule has 0 unspecified atom stereocenters. The molecule has 2 bridgehead atoms. The summed E-state index contributed by atoms with van der Waals surface area (Å²) in [7, 11) is 0. The van der Waals surface area contributed by atoms with Crippen LogP contribution in [0.15, 0.2) is 42.7 Å². The number of aromatic nitrogens is 2. The van der Waals surface area contributed by atoms with Gasteiger partial charge in [0.1, 0.15) is 18.0 Å². The van der Waals surface area contributed by atoms with Crippen LogP contribution < -0.4 is 10.2 Å². The fourth-order valence-electron chi connectivity index (χ4n) is 5.46. The molecule has 2 aromatic rings. The number of aliphatic hydroxyl groups is 1. The van der Waals surface area contributed by atoms with Crippen molar-refractivity contribution < 1.29 is 5.11 Å². The molecule has 5 heterocycles. The highest BCUT2D eigenvalue weighted by molar-refractivity contribution is 5.52. The number of hydrogen-bond donors (Lipinski definition) is 2. The van der Waals surface area contributed by atoms with Crippen molar-refractivity contribution in [2.24, 2.45) is 5.92 Å². The van der Waals surface area contributed by atoms with E-state index in [1.807, 2.05) is 6.07 Å². The van der Waals surface area contributed by atoms with E-state index in [4.69, 9.17) is 5.11 Å². The van der Waals surface area contributed by atoms with Gasteiger partial charge in [-0.2, -0.15) is 0 Å². The van der Waals surface area contributed by atoms with Crippen molar-refractivity contribution >= 4 is 11.6 Å². The second kappa shape index (κ2) is 7.09. The van der Waals surface area contributed by atoms with Crippen molar-refractivity contribution in [2.45, 2.75) is 30.8 Å². The highest BCUT2D eigenvalue weighted by Gasteiger charge is 2.53. The lowest BCUT2D eigenvalue weighted by Gasteiger charge is -2.51. The SMILES string of the molecule is OCCNc1cc(N2C[C@H](c3ccccc3)[C@@H]3[C@H]2C2CCN3CC2)ncn1. The molecule has 0 radical (unpaired) electrons.